The third kappa shape index (κ3) is 3.12. The summed E-state index contributed by atoms with van der Waals surface area (Å²) in [5.74, 6) is -0.00518. The fraction of sp³-hybridized carbons (Fsp3) is 0.214. The number of ketones is 1. The summed E-state index contributed by atoms with van der Waals surface area (Å²) >= 11 is 4.12. The van der Waals surface area contributed by atoms with Crippen LogP contribution in [0.3, 0.4) is 0 Å². The van der Waals surface area contributed by atoms with Crippen LogP contribution in [0.4, 0.5) is 13.2 Å². The Morgan fingerprint density at radius 1 is 1.25 bits per heavy atom. The number of Topliss-reactive ketones (excluding diaryl/α,β-unsaturated/α-hetero) is 1. The minimum absolute atomic E-state index is 0.00518. The summed E-state index contributed by atoms with van der Waals surface area (Å²) in [6.45, 7) is 1.75. The van der Waals surface area contributed by atoms with Crippen molar-refractivity contribution in [3.8, 4) is 10.4 Å². The normalized spacial score (nSPS) is 11.7. The number of rotatable bonds is 3. The lowest BCUT2D eigenvalue weighted by Crippen LogP contribution is -2.05. The van der Waals surface area contributed by atoms with E-state index < -0.39 is 11.7 Å². The van der Waals surface area contributed by atoms with Crippen LogP contribution in [0, 0.1) is 0 Å². The first-order chi connectivity index (χ1) is 9.32. The van der Waals surface area contributed by atoms with E-state index in [0.29, 0.717) is 21.7 Å². The van der Waals surface area contributed by atoms with E-state index in [1.54, 1.807) is 25.1 Å². The van der Waals surface area contributed by atoms with Crippen LogP contribution in [0.5, 0.6) is 0 Å². The molecular formula is C14H10BrF3OS. The molecule has 0 bridgehead atoms. The second-order valence-corrected chi connectivity index (χ2v) is 6.07. The molecular weight excluding hydrogens is 353 g/mol. The smallest absolute Gasteiger partial charge is 0.293 e. The number of halogens is 4. The molecule has 0 amide bonds. The fourth-order valence-corrected chi connectivity index (χ4v) is 3.20. The molecule has 0 atom stereocenters. The maximum absolute atomic E-state index is 12.9. The Balaban J connectivity index is 2.44. The van der Waals surface area contributed by atoms with E-state index in [4.69, 9.17) is 0 Å². The van der Waals surface area contributed by atoms with Crippen molar-refractivity contribution in [3.63, 3.8) is 0 Å². The fourth-order valence-electron chi connectivity index (χ4n) is 1.71. The van der Waals surface area contributed by atoms with Crippen molar-refractivity contribution >= 4 is 33.0 Å². The van der Waals surface area contributed by atoms with Gasteiger partial charge in [0.2, 0.25) is 0 Å². The van der Waals surface area contributed by atoms with Gasteiger partial charge in [-0.15, -0.1) is 11.3 Å². The van der Waals surface area contributed by atoms with Gasteiger partial charge in [-0.3, -0.25) is 4.79 Å². The van der Waals surface area contributed by atoms with Gasteiger partial charge in [0.25, 0.3) is 0 Å². The molecule has 0 radical (unpaired) electrons. The van der Waals surface area contributed by atoms with Crippen LogP contribution < -0.4 is 0 Å². The van der Waals surface area contributed by atoms with Gasteiger partial charge in [-0.1, -0.05) is 28.9 Å². The van der Waals surface area contributed by atoms with Gasteiger partial charge in [-0.2, -0.15) is 13.2 Å². The quantitative estimate of drug-likeness (QED) is 0.631. The maximum Gasteiger partial charge on any atom is 0.417 e. The van der Waals surface area contributed by atoms with Crippen LogP contribution >= 0.6 is 27.3 Å². The van der Waals surface area contributed by atoms with Crippen molar-refractivity contribution in [2.24, 2.45) is 0 Å². The summed E-state index contributed by atoms with van der Waals surface area (Å²) in [5.41, 5.74) is -0.257. The van der Waals surface area contributed by atoms with Gasteiger partial charge >= 0.3 is 6.18 Å². The minimum atomic E-state index is -4.41. The minimum Gasteiger partial charge on any atom is -0.293 e. The molecule has 0 saturated heterocycles. The molecule has 1 aromatic carbocycles. The molecule has 2 aromatic rings. The predicted octanol–water partition coefficient (Wildman–Crippen LogP) is 5.79. The van der Waals surface area contributed by atoms with Crippen molar-refractivity contribution in [2.75, 3.05) is 0 Å². The molecule has 0 saturated carbocycles. The molecule has 6 heteroatoms. The lowest BCUT2D eigenvalue weighted by atomic mass is 10.1. The maximum atomic E-state index is 12.9. The van der Waals surface area contributed by atoms with E-state index in [1.165, 1.54) is 17.4 Å². The zero-order valence-electron chi connectivity index (χ0n) is 10.4. The summed E-state index contributed by atoms with van der Waals surface area (Å²) in [5, 5.41) is 0. The lowest BCUT2D eigenvalue weighted by molar-refractivity contribution is -0.138. The molecule has 0 aliphatic rings. The molecule has 106 valence electrons. The summed E-state index contributed by atoms with van der Waals surface area (Å²) in [6.07, 6.45) is -4.03. The zero-order chi connectivity index (χ0) is 14.9. The van der Waals surface area contributed by atoms with Gasteiger partial charge < -0.3 is 0 Å². The SMILES string of the molecule is CCC(=O)c1ccc(-c2ccc(Br)c(C(F)(F)F)c2)s1. The molecule has 0 N–H and O–H groups in total. The highest BCUT2D eigenvalue weighted by molar-refractivity contribution is 9.10. The number of benzene rings is 1. The van der Waals surface area contributed by atoms with Crippen molar-refractivity contribution < 1.29 is 18.0 Å². The third-order valence-electron chi connectivity index (χ3n) is 2.76. The summed E-state index contributed by atoms with van der Waals surface area (Å²) in [4.78, 5) is 12.8. The van der Waals surface area contributed by atoms with Crippen molar-refractivity contribution in [2.45, 2.75) is 19.5 Å². The molecule has 0 fully saturated rings. The van der Waals surface area contributed by atoms with Crippen LogP contribution in [0.15, 0.2) is 34.8 Å². The van der Waals surface area contributed by atoms with Gasteiger partial charge in [0, 0.05) is 15.8 Å². The van der Waals surface area contributed by atoms with Gasteiger partial charge in [-0.25, -0.2) is 0 Å². The number of hydrogen-bond donors (Lipinski definition) is 0. The average molecular weight is 363 g/mol. The van der Waals surface area contributed by atoms with E-state index in [-0.39, 0.29) is 10.3 Å². The van der Waals surface area contributed by atoms with E-state index in [0.717, 1.165) is 6.07 Å². The van der Waals surface area contributed by atoms with Crippen molar-refractivity contribution in [3.05, 3.63) is 45.2 Å². The Bertz CT molecular complexity index is 646. The summed E-state index contributed by atoms with van der Waals surface area (Å²) < 4.78 is 38.6. The topological polar surface area (TPSA) is 17.1 Å². The zero-order valence-corrected chi connectivity index (χ0v) is 12.8. The van der Waals surface area contributed by atoms with E-state index in [9.17, 15) is 18.0 Å². The molecule has 0 aliphatic carbocycles. The molecule has 20 heavy (non-hydrogen) atoms. The first-order valence-electron chi connectivity index (χ1n) is 5.83. The molecule has 0 spiro atoms. The molecule has 0 unspecified atom stereocenters. The number of hydrogen-bond acceptors (Lipinski definition) is 2. The Morgan fingerprint density at radius 2 is 1.95 bits per heavy atom. The van der Waals surface area contributed by atoms with Crippen LogP contribution in [-0.2, 0) is 6.18 Å². The Hall–Kier alpha value is -1.14. The summed E-state index contributed by atoms with van der Waals surface area (Å²) in [7, 11) is 0. The van der Waals surface area contributed by atoms with Crippen molar-refractivity contribution in [1.29, 1.82) is 0 Å². The number of carbonyl (C=O) groups excluding carboxylic acids is 1. The van der Waals surface area contributed by atoms with Gasteiger partial charge in [-0.05, 0) is 29.8 Å². The molecule has 1 aromatic heterocycles. The molecule has 0 aliphatic heterocycles. The highest BCUT2D eigenvalue weighted by Gasteiger charge is 2.33. The van der Waals surface area contributed by atoms with Crippen LogP contribution in [0.25, 0.3) is 10.4 Å². The Labute approximate surface area is 126 Å². The van der Waals surface area contributed by atoms with E-state index in [2.05, 4.69) is 15.9 Å². The second-order valence-electron chi connectivity index (χ2n) is 4.13. The Morgan fingerprint density at radius 3 is 2.55 bits per heavy atom. The largest absolute Gasteiger partial charge is 0.417 e. The average Bonchev–Trinajstić information content (AvgIpc) is 2.86. The van der Waals surface area contributed by atoms with Crippen molar-refractivity contribution in [1.82, 2.24) is 0 Å². The highest BCUT2D eigenvalue weighted by atomic mass is 79.9. The van der Waals surface area contributed by atoms with Gasteiger partial charge in [0.1, 0.15) is 0 Å². The number of thiophene rings is 1. The summed E-state index contributed by atoms with van der Waals surface area (Å²) in [6, 6.07) is 7.40. The predicted molar refractivity (Wildman–Crippen MR) is 77.1 cm³/mol. The van der Waals surface area contributed by atoms with Crippen LogP contribution in [-0.4, -0.2) is 5.78 Å². The monoisotopic (exact) mass is 362 g/mol. The molecule has 1 nitrogen and oxygen atoms in total. The standard InChI is InChI=1S/C14H10BrF3OS/c1-2-11(19)13-6-5-12(20-13)8-3-4-10(15)9(7-8)14(16,17)18/h3-7H,2H2,1H3. The Kier molecular flexibility index (Phi) is 4.34. The second kappa shape index (κ2) is 5.69. The highest BCUT2D eigenvalue weighted by Crippen LogP contribution is 2.38. The van der Waals surface area contributed by atoms with E-state index in [1.807, 2.05) is 0 Å². The van der Waals surface area contributed by atoms with Gasteiger partial charge in [0.05, 0.1) is 10.4 Å². The third-order valence-corrected chi connectivity index (χ3v) is 4.63. The number of alkyl halides is 3. The molecule has 2 rings (SSSR count). The lowest BCUT2D eigenvalue weighted by Gasteiger charge is -2.10. The van der Waals surface area contributed by atoms with E-state index >= 15 is 0 Å². The first-order valence-corrected chi connectivity index (χ1v) is 7.44. The number of carbonyl (C=O) groups is 1. The molecule has 1 heterocycles. The van der Waals surface area contributed by atoms with Crippen LogP contribution in [0.1, 0.15) is 28.6 Å². The first kappa shape index (κ1) is 15.3. The van der Waals surface area contributed by atoms with Crippen LogP contribution in [0.2, 0.25) is 0 Å². The van der Waals surface area contributed by atoms with Gasteiger partial charge in [0.15, 0.2) is 5.78 Å².